The summed E-state index contributed by atoms with van der Waals surface area (Å²) in [6.07, 6.45) is -0.00563. The summed E-state index contributed by atoms with van der Waals surface area (Å²) >= 11 is 1.24. The number of benzene rings is 3. The third-order valence-corrected chi connectivity index (χ3v) is 8.43. The Hall–Kier alpha value is -4.44. The number of carbonyl (C=O) groups excluding carboxylic acids is 3. The Morgan fingerprint density at radius 1 is 0.902 bits per heavy atom. The van der Waals surface area contributed by atoms with E-state index in [0.717, 1.165) is 35.6 Å². The molecule has 3 aromatic rings. The molecule has 3 heterocycles. The number of hydrogen-bond acceptors (Lipinski definition) is 7. The normalized spacial score (nSPS) is 17.9. The van der Waals surface area contributed by atoms with Crippen LogP contribution >= 0.6 is 11.8 Å². The predicted molar refractivity (Wildman–Crippen MR) is 163 cm³/mol. The summed E-state index contributed by atoms with van der Waals surface area (Å²) in [5.74, 6) is -0.0679. The van der Waals surface area contributed by atoms with E-state index in [1.54, 1.807) is 4.90 Å². The van der Waals surface area contributed by atoms with Crippen molar-refractivity contribution in [3.8, 4) is 0 Å². The van der Waals surface area contributed by atoms with Crippen molar-refractivity contribution >= 4 is 57.5 Å². The van der Waals surface area contributed by atoms with Crippen LogP contribution in [-0.2, 0) is 14.4 Å². The van der Waals surface area contributed by atoms with Gasteiger partial charge in [0.15, 0.2) is 5.17 Å². The molecule has 41 heavy (non-hydrogen) atoms. The van der Waals surface area contributed by atoms with Gasteiger partial charge in [-0.05, 0) is 42.8 Å². The number of rotatable bonds is 6. The van der Waals surface area contributed by atoms with Crippen LogP contribution in [0.2, 0.25) is 0 Å². The maximum atomic E-state index is 13.4. The highest BCUT2D eigenvalue weighted by Crippen LogP contribution is 2.35. The summed E-state index contributed by atoms with van der Waals surface area (Å²) in [5.41, 5.74) is 4.28. The average Bonchev–Trinajstić information content (AvgIpc) is 3.33. The molecule has 3 amide bonds. The Morgan fingerprint density at radius 2 is 1.61 bits per heavy atom. The van der Waals surface area contributed by atoms with Crippen molar-refractivity contribution in [3.63, 3.8) is 0 Å². The Morgan fingerprint density at radius 3 is 2.39 bits per heavy atom. The molecule has 208 valence electrons. The lowest BCUT2D eigenvalue weighted by Crippen LogP contribution is -2.51. The van der Waals surface area contributed by atoms with E-state index in [9.17, 15) is 14.4 Å². The molecule has 9 nitrogen and oxygen atoms in total. The summed E-state index contributed by atoms with van der Waals surface area (Å²) in [6.45, 7) is 4.56. The first-order valence-corrected chi connectivity index (χ1v) is 14.6. The van der Waals surface area contributed by atoms with Gasteiger partial charge in [-0.2, -0.15) is 4.99 Å². The van der Waals surface area contributed by atoms with E-state index in [-0.39, 0.29) is 29.9 Å². The fourth-order valence-electron chi connectivity index (χ4n) is 5.28. The number of amides is 3. The molecule has 1 saturated heterocycles. The minimum atomic E-state index is -0.802. The van der Waals surface area contributed by atoms with E-state index in [0.29, 0.717) is 29.8 Å². The summed E-state index contributed by atoms with van der Waals surface area (Å²) in [5, 5.41) is 3.43. The van der Waals surface area contributed by atoms with Crippen molar-refractivity contribution in [1.29, 1.82) is 0 Å². The van der Waals surface area contributed by atoms with Crippen LogP contribution in [0.1, 0.15) is 17.5 Å². The first-order valence-electron chi connectivity index (χ1n) is 13.6. The number of carbonyl (C=O) groups is 3. The van der Waals surface area contributed by atoms with Crippen LogP contribution in [0.3, 0.4) is 0 Å². The summed E-state index contributed by atoms with van der Waals surface area (Å²) in [4.78, 5) is 54.5. The second kappa shape index (κ2) is 11.6. The Kier molecular flexibility index (Phi) is 7.56. The fourth-order valence-corrected chi connectivity index (χ4v) is 6.13. The van der Waals surface area contributed by atoms with Crippen molar-refractivity contribution in [2.75, 3.05) is 42.1 Å². The molecular weight excluding hydrogens is 536 g/mol. The van der Waals surface area contributed by atoms with Crippen LogP contribution in [-0.4, -0.2) is 76.5 Å². The zero-order valence-corrected chi connectivity index (χ0v) is 23.5. The molecule has 0 bridgehead atoms. The molecular formula is C31H30N6O3S. The van der Waals surface area contributed by atoms with Crippen molar-refractivity contribution in [1.82, 2.24) is 9.80 Å². The van der Waals surface area contributed by atoms with E-state index < -0.39 is 6.04 Å². The van der Waals surface area contributed by atoms with Gasteiger partial charge in [0, 0.05) is 43.1 Å². The third-order valence-electron chi connectivity index (χ3n) is 7.48. The molecule has 3 aromatic carbocycles. The van der Waals surface area contributed by atoms with Gasteiger partial charge in [-0.15, -0.1) is 0 Å². The number of amidine groups is 2. The van der Waals surface area contributed by atoms with E-state index in [2.05, 4.69) is 27.3 Å². The lowest BCUT2D eigenvalue weighted by Gasteiger charge is -2.37. The van der Waals surface area contributed by atoms with E-state index in [1.165, 1.54) is 11.8 Å². The molecule has 6 rings (SSSR count). The second-order valence-electron chi connectivity index (χ2n) is 10.1. The van der Waals surface area contributed by atoms with Crippen LogP contribution in [0.4, 0.5) is 17.1 Å². The molecule has 10 heteroatoms. The van der Waals surface area contributed by atoms with Crippen LogP contribution in [0.15, 0.2) is 88.8 Å². The van der Waals surface area contributed by atoms with Crippen LogP contribution < -0.4 is 10.2 Å². The molecule has 1 atom stereocenters. The topological polar surface area (TPSA) is 97.7 Å². The Balaban J connectivity index is 1.16. The number of fused-ring (bicyclic) bond motifs is 3. The highest BCUT2D eigenvalue weighted by molar-refractivity contribution is 8.14. The number of piperazine rings is 1. The Bertz CT molecular complexity index is 1550. The van der Waals surface area contributed by atoms with Gasteiger partial charge >= 0.3 is 0 Å². The number of aryl methyl sites for hydroxylation is 1. The molecule has 0 saturated carbocycles. The molecule has 0 aromatic heterocycles. The van der Waals surface area contributed by atoms with Crippen LogP contribution in [0, 0.1) is 6.92 Å². The third kappa shape index (κ3) is 5.60. The summed E-state index contributed by atoms with van der Waals surface area (Å²) in [7, 11) is 0. The quantitative estimate of drug-likeness (QED) is 0.483. The maximum absolute atomic E-state index is 13.4. The summed E-state index contributed by atoms with van der Waals surface area (Å²) in [6, 6.07) is 24.4. The van der Waals surface area contributed by atoms with E-state index >= 15 is 0 Å². The van der Waals surface area contributed by atoms with Gasteiger partial charge in [-0.1, -0.05) is 60.3 Å². The minimum absolute atomic E-state index is 0.00563. The standard InChI is InChI=1S/C31H30N6O3S/c1-21-9-5-7-13-24(21)32-27(38)20-41-31-33-25-14-8-6-12-23(25)29-34-30(40)26(37(29)31)19-28(39)36-17-15-35(16-18-36)22-10-3-2-4-11-22/h2-14,26H,15-20H2,1H3,(H,32,38). The van der Waals surface area contributed by atoms with E-state index in [4.69, 9.17) is 4.99 Å². The van der Waals surface area contributed by atoms with Gasteiger partial charge < -0.3 is 15.1 Å². The lowest BCUT2D eigenvalue weighted by atomic mass is 10.1. The van der Waals surface area contributed by atoms with Gasteiger partial charge in [-0.3, -0.25) is 19.3 Å². The molecule has 0 radical (unpaired) electrons. The van der Waals surface area contributed by atoms with Crippen LogP contribution in [0.5, 0.6) is 0 Å². The monoisotopic (exact) mass is 566 g/mol. The van der Waals surface area contributed by atoms with Crippen molar-refractivity contribution in [3.05, 3.63) is 90.0 Å². The highest BCUT2D eigenvalue weighted by Gasteiger charge is 2.43. The number of thioether (sulfide) groups is 1. The zero-order chi connectivity index (χ0) is 28.3. The molecule has 3 aliphatic rings. The zero-order valence-electron chi connectivity index (χ0n) is 22.7. The van der Waals surface area contributed by atoms with Crippen molar-refractivity contribution in [2.45, 2.75) is 19.4 Å². The predicted octanol–water partition coefficient (Wildman–Crippen LogP) is 4.06. The van der Waals surface area contributed by atoms with Gasteiger partial charge in [-0.25, -0.2) is 4.99 Å². The molecule has 0 aliphatic carbocycles. The van der Waals surface area contributed by atoms with Crippen LogP contribution in [0.25, 0.3) is 0 Å². The average molecular weight is 567 g/mol. The molecule has 1 fully saturated rings. The highest BCUT2D eigenvalue weighted by atomic mass is 32.2. The molecule has 1 N–H and O–H groups in total. The van der Waals surface area contributed by atoms with Crippen molar-refractivity contribution in [2.24, 2.45) is 9.98 Å². The summed E-state index contributed by atoms with van der Waals surface area (Å²) < 4.78 is 0. The Labute approximate surface area is 243 Å². The largest absolute Gasteiger partial charge is 0.368 e. The SMILES string of the molecule is Cc1ccccc1NC(=O)CSC1=Nc2ccccc2C2=NC(=O)C(CC(=O)N3CCN(c4ccccc4)CC3)N12. The number of nitrogens with zero attached hydrogens (tertiary/aromatic N) is 5. The molecule has 3 aliphatic heterocycles. The number of nitrogens with one attached hydrogen (secondary N) is 1. The van der Waals surface area contributed by atoms with Gasteiger partial charge in [0.1, 0.15) is 11.9 Å². The number of anilines is 2. The smallest absolute Gasteiger partial charge is 0.271 e. The van der Waals surface area contributed by atoms with Gasteiger partial charge in [0.05, 0.1) is 17.9 Å². The van der Waals surface area contributed by atoms with Crippen molar-refractivity contribution < 1.29 is 14.4 Å². The number of hydrogen-bond donors (Lipinski definition) is 1. The van der Waals surface area contributed by atoms with E-state index in [1.807, 2.05) is 78.6 Å². The molecule has 1 unspecified atom stereocenters. The van der Waals surface area contributed by atoms with Gasteiger partial charge in [0.25, 0.3) is 5.91 Å². The number of para-hydroxylation sites is 3. The second-order valence-corrected chi connectivity index (χ2v) is 11.1. The fraction of sp³-hybridized carbons (Fsp3) is 0.258. The minimum Gasteiger partial charge on any atom is -0.368 e. The number of aliphatic imine (C=N–C) groups is 2. The maximum Gasteiger partial charge on any atom is 0.271 e. The van der Waals surface area contributed by atoms with Gasteiger partial charge in [0.2, 0.25) is 11.8 Å². The first-order chi connectivity index (χ1) is 20.0. The molecule has 0 spiro atoms. The first kappa shape index (κ1) is 26.8. The lowest BCUT2D eigenvalue weighted by molar-refractivity contribution is -0.134.